The predicted octanol–water partition coefficient (Wildman–Crippen LogP) is 2.96. The third-order valence-electron chi connectivity index (χ3n) is 3.16. The van der Waals surface area contributed by atoms with Gasteiger partial charge in [0.05, 0.1) is 6.04 Å². The van der Waals surface area contributed by atoms with E-state index in [9.17, 15) is 0 Å². The number of nitrogen functional groups attached to an aromatic ring is 1. The van der Waals surface area contributed by atoms with E-state index in [1.54, 1.807) is 11.3 Å². The first-order chi connectivity index (χ1) is 10.0. The first-order valence-electron chi connectivity index (χ1n) is 7.07. The Morgan fingerprint density at radius 3 is 2.52 bits per heavy atom. The normalized spacial score (nSPS) is 12.2. The van der Waals surface area contributed by atoms with Gasteiger partial charge in [0.15, 0.2) is 0 Å². The van der Waals surface area contributed by atoms with Gasteiger partial charge in [-0.05, 0) is 27.2 Å². The molecule has 0 bridgehead atoms. The number of anilines is 2. The fraction of sp³-hybridized carbons (Fsp3) is 0.500. The Kier molecular flexibility index (Phi) is 5.08. The van der Waals surface area contributed by atoms with E-state index in [0.29, 0.717) is 5.82 Å². The molecule has 114 valence electrons. The molecule has 0 saturated heterocycles. The van der Waals surface area contributed by atoms with Gasteiger partial charge in [-0.1, -0.05) is 6.92 Å². The molecule has 6 nitrogen and oxygen atoms in total. The largest absolute Gasteiger partial charge is 0.361 e. The minimum Gasteiger partial charge on any atom is -0.361 e. The quantitative estimate of drug-likeness (QED) is 0.561. The van der Waals surface area contributed by atoms with E-state index in [1.165, 1.54) is 0 Å². The molecule has 2 aromatic rings. The van der Waals surface area contributed by atoms with Crippen LogP contribution in [0.1, 0.15) is 48.4 Å². The van der Waals surface area contributed by atoms with Gasteiger partial charge in [0.2, 0.25) is 0 Å². The highest BCUT2D eigenvalue weighted by atomic mass is 32.1. The van der Waals surface area contributed by atoms with E-state index in [2.05, 4.69) is 44.9 Å². The van der Waals surface area contributed by atoms with E-state index in [-0.39, 0.29) is 6.04 Å². The minimum absolute atomic E-state index is 0.0948. The van der Waals surface area contributed by atoms with Crippen molar-refractivity contribution in [3.63, 3.8) is 0 Å². The number of hydrazine groups is 1. The summed E-state index contributed by atoms with van der Waals surface area (Å²) in [5, 5.41) is 6.51. The Hall–Kier alpha value is -1.73. The number of hydrogen-bond donors (Lipinski definition) is 3. The standard InChI is InChI=1S/C14H22N6S/c1-5-6-11-18-12(9(3)13(19-11)20-15)17-10(4)14-16-8(2)7-21-14/h7,10H,5-6,15H2,1-4H3,(H2,17,18,19,20). The highest BCUT2D eigenvalue weighted by molar-refractivity contribution is 7.09. The molecule has 2 rings (SSSR count). The number of aryl methyl sites for hydroxylation is 2. The summed E-state index contributed by atoms with van der Waals surface area (Å²) in [4.78, 5) is 13.5. The van der Waals surface area contributed by atoms with Gasteiger partial charge >= 0.3 is 0 Å². The highest BCUT2D eigenvalue weighted by Crippen LogP contribution is 2.26. The molecule has 21 heavy (non-hydrogen) atoms. The van der Waals surface area contributed by atoms with E-state index < -0.39 is 0 Å². The van der Waals surface area contributed by atoms with Gasteiger partial charge < -0.3 is 10.7 Å². The van der Waals surface area contributed by atoms with E-state index >= 15 is 0 Å². The van der Waals surface area contributed by atoms with Crippen LogP contribution in [0.3, 0.4) is 0 Å². The molecule has 0 fully saturated rings. The van der Waals surface area contributed by atoms with Crippen LogP contribution in [-0.2, 0) is 6.42 Å². The number of nitrogens with two attached hydrogens (primary N) is 1. The Balaban J connectivity index is 2.27. The number of hydrogen-bond acceptors (Lipinski definition) is 7. The Labute approximate surface area is 129 Å². The maximum atomic E-state index is 5.55. The lowest BCUT2D eigenvalue weighted by Gasteiger charge is -2.17. The predicted molar refractivity (Wildman–Crippen MR) is 87.5 cm³/mol. The lowest BCUT2D eigenvalue weighted by atomic mass is 10.2. The van der Waals surface area contributed by atoms with Gasteiger partial charge in [0.25, 0.3) is 0 Å². The highest BCUT2D eigenvalue weighted by Gasteiger charge is 2.15. The van der Waals surface area contributed by atoms with Gasteiger partial charge in [0, 0.05) is 23.1 Å². The van der Waals surface area contributed by atoms with E-state index in [4.69, 9.17) is 5.84 Å². The topological polar surface area (TPSA) is 88.8 Å². The molecule has 0 radical (unpaired) electrons. The molecule has 0 spiro atoms. The third-order valence-corrected chi connectivity index (χ3v) is 4.31. The monoisotopic (exact) mass is 306 g/mol. The van der Waals surface area contributed by atoms with Crippen LogP contribution in [0.25, 0.3) is 0 Å². The van der Waals surface area contributed by atoms with E-state index in [1.807, 2.05) is 13.8 Å². The molecule has 0 aliphatic heterocycles. The van der Waals surface area contributed by atoms with Crippen LogP contribution in [0.4, 0.5) is 11.6 Å². The van der Waals surface area contributed by atoms with Crippen LogP contribution < -0.4 is 16.6 Å². The lowest BCUT2D eigenvalue weighted by Crippen LogP contribution is -2.16. The summed E-state index contributed by atoms with van der Waals surface area (Å²) in [6.07, 6.45) is 1.82. The fourth-order valence-corrected chi connectivity index (χ4v) is 2.82. The van der Waals surface area contributed by atoms with Crippen molar-refractivity contribution >= 4 is 23.0 Å². The molecular formula is C14H22N6S. The maximum Gasteiger partial charge on any atom is 0.148 e. The molecule has 0 aliphatic rings. The Morgan fingerprint density at radius 1 is 1.24 bits per heavy atom. The van der Waals surface area contributed by atoms with Crippen LogP contribution in [0, 0.1) is 13.8 Å². The summed E-state index contributed by atoms with van der Waals surface area (Å²) in [5.41, 5.74) is 4.60. The molecule has 0 saturated carbocycles. The third kappa shape index (κ3) is 3.68. The van der Waals surface area contributed by atoms with Crippen LogP contribution >= 0.6 is 11.3 Å². The smallest absolute Gasteiger partial charge is 0.148 e. The second kappa shape index (κ2) is 6.82. The summed E-state index contributed by atoms with van der Waals surface area (Å²) >= 11 is 1.65. The zero-order chi connectivity index (χ0) is 15.4. The Morgan fingerprint density at radius 2 is 1.95 bits per heavy atom. The van der Waals surface area contributed by atoms with Crippen molar-refractivity contribution in [2.24, 2.45) is 5.84 Å². The van der Waals surface area contributed by atoms with Crippen molar-refractivity contribution in [1.29, 1.82) is 0 Å². The fourth-order valence-electron chi connectivity index (χ4n) is 2.02. The number of thiazole rings is 1. The summed E-state index contributed by atoms with van der Waals surface area (Å²) in [5.74, 6) is 7.82. The van der Waals surface area contributed by atoms with Gasteiger partial charge in [-0.2, -0.15) is 0 Å². The number of nitrogens with one attached hydrogen (secondary N) is 2. The van der Waals surface area contributed by atoms with Crippen molar-refractivity contribution in [3.8, 4) is 0 Å². The second-order valence-electron chi connectivity index (χ2n) is 5.05. The summed E-state index contributed by atoms with van der Waals surface area (Å²) < 4.78 is 0. The molecule has 2 aromatic heterocycles. The van der Waals surface area contributed by atoms with Gasteiger partial charge in [-0.15, -0.1) is 11.3 Å². The van der Waals surface area contributed by atoms with Crippen LogP contribution in [0.2, 0.25) is 0 Å². The molecule has 0 aromatic carbocycles. The average molecular weight is 306 g/mol. The molecular weight excluding hydrogens is 284 g/mol. The number of nitrogens with zero attached hydrogens (tertiary/aromatic N) is 3. The van der Waals surface area contributed by atoms with Crippen molar-refractivity contribution in [2.45, 2.75) is 46.6 Å². The van der Waals surface area contributed by atoms with Crippen molar-refractivity contribution in [2.75, 3.05) is 10.7 Å². The Bertz CT molecular complexity index is 610. The summed E-state index contributed by atoms with van der Waals surface area (Å²) in [7, 11) is 0. The second-order valence-corrected chi connectivity index (χ2v) is 5.94. The SMILES string of the molecule is CCCc1nc(NN)c(C)c(NC(C)c2nc(C)cs2)n1. The molecule has 0 aliphatic carbocycles. The zero-order valence-corrected chi connectivity index (χ0v) is 13.7. The van der Waals surface area contributed by atoms with Crippen molar-refractivity contribution in [1.82, 2.24) is 15.0 Å². The molecule has 2 heterocycles. The average Bonchev–Trinajstić information content (AvgIpc) is 2.89. The summed E-state index contributed by atoms with van der Waals surface area (Å²) in [6, 6.07) is 0.0948. The number of rotatable bonds is 6. The van der Waals surface area contributed by atoms with Crippen molar-refractivity contribution < 1.29 is 0 Å². The van der Waals surface area contributed by atoms with Crippen LogP contribution in [-0.4, -0.2) is 15.0 Å². The molecule has 4 N–H and O–H groups in total. The molecule has 1 atom stereocenters. The lowest BCUT2D eigenvalue weighted by molar-refractivity contribution is 0.810. The minimum atomic E-state index is 0.0948. The summed E-state index contributed by atoms with van der Waals surface area (Å²) in [6.45, 7) is 8.13. The van der Waals surface area contributed by atoms with Gasteiger partial charge in [0.1, 0.15) is 22.5 Å². The first-order valence-corrected chi connectivity index (χ1v) is 7.95. The zero-order valence-electron chi connectivity index (χ0n) is 12.9. The molecule has 1 unspecified atom stereocenters. The van der Waals surface area contributed by atoms with Crippen LogP contribution in [0.5, 0.6) is 0 Å². The van der Waals surface area contributed by atoms with Crippen molar-refractivity contribution in [3.05, 3.63) is 27.5 Å². The number of aromatic nitrogens is 3. The van der Waals surface area contributed by atoms with Crippen LogP contribution in [0.15, 0.2) is 5.38 Å². The van der Waals surface area contributed by atoms with Gasteiger partial charge in [-0.3, -0.25) is 0 Å². The van der Waals surface area contributed by atoms with Gasteiger partial charge in [-0.25, -0.2) is 20.8 Å². The van der Waals surface area contributed by atoms with E-state index in [0.717, 1.165) is 40.7 Å². The molecule has 7 heteroatoms. The maximum absolute atomic E-state index is 5.55. The first kappa shape index (κ1) is 15.7. The molecule has 0 amide bonds.